The third-order valence-corrected chi connectivity index (χ3v) is 13.5. The topological polar surface area (TPSA) is 78.9 Å². The van der Waals surface area contributed by atoms with Crippen molar-refractivity contribution in [3.63, 3.8) is 0 Å². The average Bonchev–Trinajstić information content (AvgIpc) is 3.29. The Kier molecular flexibility index (Phi) is 52.1. The fourth-order valence-corrected chi connectivity index (χ4v) is 9.10. The van der Waals surface area contributed by atoms with E-state index in [1.54, 1.807) is 0 Å². The highest BCUT2D eigenvalue weighted by Gasteiger charge is 2.19. The van der Waals surface area contributed by atoms with Crippen LogP contribution in [0.1, 0.15) is 336 Å². The second-order valence-corrected chi connectivity index (χ2v) is 20.8. The van der Waals surface area contributed by atoms with E-state index in [4.69, 9.17) is 14.2 Å². The van der Waals surface area contributed by atoms with Crippen molar-refractivity contribution in [1.82, 2.24) is 0 Å². The van der Waals surface area contributed by atoms with Gasteiger partial charge in [0.1, 0.15) is 13.2 Å². The molecule has 1 atom stereocenters. The van der Waals surface area contributed by atoms with Gasteiger partial charge in [0, 0.05) is 19.3 Å². The minimum absolute atomic E-state index is 0.0617. The van der Waals surface area contributed by atoms with Crippen LogP contribution in [-0.2, 0) is 28.6 Å². The van der Waals surface area contributed by atoms with Crippen molar-refractivity contribution < 1.29 is 28.6 Å². The molecular formula is C59H114O6. The maximum absolute atomic E-state index is 12.8. The molecule has 0 fully saturated rings. The highest BCUT2D eigenvalue weighted by Crippen LogP contribution is 2.18. The summed E-state index contributed by atoms with van der Waals surface area (Å²) in [6, 6.07) is 0. The number of hydrogen-bond acceptors (Lipinski definition) is 6. The van der Waals surface area contributed by atoms with E-state index < -0.39 is 6.10 Å². The highest BCUT2D eigenvalue weighted by molar-refractivity contribution is 5.71. The first-order chi connectivity index (χ1) is 31.9. The molecule has 0 aromatic heterocycles. The van der Waals surface area contributed by atoms with Crippen LogP contribution in [0.15, 0.2) is 0 Å². The third-order valence-electron chi connectivity index (χ3n) is 13.5. The highest BCUT2D eigenvalue weighted by atomic mass is 16.6. The van der Waals surface area contributed by atoms with E-state index >= 15 is 0 Å². The molecule has 386 valence electrons. The SMILES string of the molecule is CCCCCCCCCCCCCCCCCCCC(=O)OC[C@@H](COC(=O)CCCCCCCCCCCCCCCCCC(C)C)OC(=O)CCCCCCCCCCCCCC. The van der Waals surface area contributed by atoms with E-state index in [1.807, 2.05) is 0 Å². The number of hydrogen-bond donors (Lipinski definition) is 0. The maximum Gasteiger partial charge on any atom is 0.306 e. The standard InChI is InChI=1S/C59H114O6/c1-5-7-9-11-13-15-17-19-20-21-24-27-31-34-38-42-46-50-57(60)63-53-56(65-59(62)52-48-44-40-36-30-18-16-14-12-10-8-6-2)54-64-58(61)51-47-43-39-35-32-28-25-22-23-26-29-33-37-41-45-49-55(3)4/h55-56H,5-54H2,1-4H3/t56-/m0/s1. The number of unbranched alkanes of at least 4 members (excludes halogenated alkanes) is 41. The number of rotatable bonds is 54. The van der Waals surface area contributed by atoms with Gasteiger partial charge in [-0.3, -0.25) is 14.4 Å². The van der Waals surface area contributed by atoms with Gasteiger partial charge in [-0.05, 0) is 25.2 Å². The lowest BCUT2D eigenvalue weighted by molar-refractivity contribution is -0.167. The molecule has 0 aromatic rings. The fraction of sp³-hybridized carbons (Fsp3) is 0.949. The van der Waals surface area contributed by atoms with Crippen molar-refractivity contribution in [3.8, 4) is 0 Å². The summed E-state index contributed by atoms with van der Waals surface area (Å²) in [6.45, 7) is 9.07. The van der Waals surface area contributed by atoms with Crippen LogP contribution in [0.25, 0.3) is 0 Å². The minimum atomic E-state index is -0.761. The molecule has 0 aromatic carbocycles. The normalized spacial score (nSPS) is 12.0. The van der Waals surface area contributed by atoms with Gasteiger partial charge in [0.25, 0.3) is 0 Å². The summed E-state index contributed by atoms with van der Waals surface area (Å²) >= 11 is 0. The van der Waals surface area contributed by atoms with Crippen LogP contribution in [0.2, 0.25) is 0 Å². The van der Waals surface area contributed by atoms with Crippen LogP contribution in [0.4, 0.5) is 0 Å². The molecule has 0 radical (unpaired) electrons. The smallest absolute Gasteiger partial charge is 0.306 e. The van der Waals surface area contributed by atoms with Crippen molar-refractivity contribution in [3.05, 3.63) is 0 Å². The van der Waals surface area contributed by atoms with Crippen molar-refractivity contribution in [2.75, 3.05) is 13.2 Å². The van der Waals surface area contributed by atoms with Crippen LogP contribution in [0.5, 0.6) is 0 Å². The first kappa shape index (κ1) is 63.4. The lowest BCUT2D eigenvalue weighted by Crippen LogP contribution is -2.30. The molecular weight excluding hydrogens is 805 g/mol. The second-order valence-electron chi connectivity index (χ2n) is 20.8. The molecule has 65 heavy (non-hydrogen) atoms. The molecule has 0 rings (SSSR count). The summed E-state index contributed by atoms with van der Waals surface area (Å²) in [5.74, 6) is 0.0149. The molecule has 0 bridgehead atoms. The van der Waals surface area contributed by atoms with E-state index in [0.29, 0.717) is 19.3 Å². The predicted octanol–water partition coefficient (Wildman–Crippen LogP) is 19.4. The number of carbonyl (C=O) groups is 3. The molecule has 0 aliphatic heterocycles. The third kappa shape index (κ3) is 53.2. The summed E-state index contributed by atoms with van der Waals surface area (Å²) < 4.78 is 16.9. The van der Waals surface area contributed by atoms with Crippen LogP contribution in [0.3, 0.4) is 0 Å². The maximum atomic E-state index is 12.8. The van der Waals surface area contributed by atoms with Gasteiger partial charge in [-0.15, -0.1) is 0 Å². The average molecular weight is 920 g/mol. The van der Waals surface area contributed by atoms with Crippen molar-refractivity contribution in [2.24, 2.45) is 5.92 Å². The lowest BCUT2D eigenvalue weighted by atomic mass is 10.0. The van der Waals surface area contributed by atoms with Crippen LogP contribution in [0, 0.1) is 5.92 Å². The number of esters is 3. The van der Waals surface area contributed by atoms with Gasteiger partial charge in [0.2, 0.25) is 0 Å². The zero-order chi connectivity index (χ0) is 47.4. The van der Waals surface area contributed by atoms with E-state index in [1.165, 1.54) is 231 Å². The summed E-state index contributed by atoms with van der Waals surface area (Å²) in [7, 11) is 0. The first-order valence-corrected chi connectivity index (χ1v) is 29.4. The molecule has 0 saturated heterocycles. The Balaban J connectivity index is 4.25. The Hall–Kier alpha value is -1.59. The Morgan fingerprint density at radius 2 is 0.508 bits per heavy atom. The molecule has 6 heteroatoms. The zero-order valence-corrected chi connectivity index (χ0v) is 44.5. The van der Waals surface area contributed by atoms with Crippen LogP contribution in [-0.4, -0.2) is 37.2 Å². The van der Waals surface area contributed by atoms with E-state index in [9.17, 15) is 14.4 Å². The molecule has 0 saturated carbocycles. The molecule has 0 unspecified atom stereocenters. The van der Waals surface area contributed by atoms with E-state index in [-0.39, 0.29) is 31.1 Å². The van der Waals surface area contributed by atoms with Crippen molar-refractivity contribution in [2.45, 2.75) is 342 Å². The quantitative estimate of drug-likeness (QED) is 0.0344. The van der Waals surface area contributed by atoms with Crippen LogP contribution >= 0.6 is 0 Å². The zero-order valence-electron chi connectivity index (χ0n) is 44.5. The molecule has 0 heterocycles. The van der Waals surface area contributed by atoms with Crippen LogP contribution < -0.4 is 0 Å². The van der Waals surface area contributed by atoms with Crippen molar-refractivity contribution in [1.29, 1.82) is 0 Å². The molecule has 0 aliphatic carbocycles. The van der Waals surface area contributed by atoms with Crippen molar-refractivity contribution >= 4 is 17.9 Å². The molecule has 6 nitrogen and oxygen atoms in total. The Morgan fingerprint density at radius 1 is 0.292 bits per heavy atom. The Labute approximate surface area is 406 Å². The summed E-state index contributed by atoms with van der Waals surface area (Å²) in [6.07, 6.45) is 58.1. The molecule has 0 spiro atoms. The van der Waals surface area contributed by atoms with Gasteiger partial charge in [-0.2, -0.15) is 0 Å². The van der Waals surface area contributed by atoms with E-state index in [0.717, 1.165) is 63.7 Å². The molecule has 0 N–H and O–H groups in total. The predicted molar refractivity (Wildman–Crippen MR) is 280 cm³/mol. The van der Waals surface area contributed by atoms with Gasteiger partial charge in [-0.25, -0.2) is 0 Å². The summed E-state index contributed by atoms with van der Waals surface area (Å²) in [5.41, 5.74) is 0. The van der Waals surface area contributed by atoms with Gasteiger partial charge in [-0.1, -0.05) is 297 Å². The summed E-state index contributed by atoms with van der Waals surface area (Å²) in [4.78, 5) is 38.1. The summed E-state index contributed by atoms with van der Waals surface area (Å²) in [5, 5.41) is 0. The van der Waals surface area contributed by atoms with Gasteiger partial charge in [0.15, 0.2) is 6.10 Å². The molecule has 0 amide bonds. The largest absolute Gasteiger partial charge is 0.462 e. The number of ether oxygens (including phenoxy) is 3. The van der Waals surface area contributed by atoms with E-state index in [2.05, 4.69) is 27.7 Å². The van der Waals surface area contributed by atoms with Gasteiger partial charge < -0.3 is 14.2 Å². The Bertz CT molecular complexity index is 980. The molecule has 0 aliphatic rings. The monoisotopic (exact) mass is 919 g/mol. The number of carbonyl (C=O) groups excluding carboxylic acids is 3. The Morgan fingerprint density at radius 3 is 0.754 bits per heavy atom. The fourth-order valence-electron chi connectivity index (χ4n) is 9.10. The van der Waals surface area contributed by atoms with Gasteiger partial charge >= 0.3 is 17.9 Å². The first-order valence-electron chi connectivity index (χ1n) is 29.4. The second kappa shape index (κ2) is 53.4. The lowest BCUT2D eigenvalue weighted by Gasteiger charge is -2.18. The minimum Gasteiger partial charge on any atom is -0.462 e. The van der Waals surface area contributed by atoms with Gasteiger partial charge in [0.05, 0.1) is 0 Å².